The van der Waals surface area contributed by atoms with E-state index in [0.29, 0.717) is 0 Å². The Labute approximate surface area is 87.0 Å². The zero-order chi connectivity index (χ0) is 9.43. The van der Waals surface area contributed by atoms with Gasteiger partial charge in [-0.3, -0.25) is 0 Å². The molecular weight excluding hydrogens is 172 g/mol. The summed E-state index contributed by atoms with van der Waals surface area (Å²) in [6, 6.07) is 0.814. The normalized spacial score (nSPS) is 36.4. The van der Waals surface area contributed by atoms with E-state index in [0.717, 1.165) is 11.5 Å². The first-order chi connectivity index (χ1) is 6.86. The zero-order valence-electron chi connectivity index (χ0n) is 9.10. The van der Waals surface area contributed by atoms with Gasteiger partial charge in [0, 0.05) is 25.7 Å². The summed E-state index contributed by atoms with van der Waals surface area (Å²) in [6.07, 6.45) is 8.82. The fraction of sp³-hybridized carbons (Fsp3) is 1.00. The molecule has 0 bridgehead atoms. The first-order valence-electron chi connectivity index (χ1n) is 6.32. The second kappa shape index (κ2) is 3.49. The van der Waals surface area contributed by atoms with Gasteiger partial charge in [-0.25, -0.2) is 0 Å². The Morgan fingerprint density at radius 1 is 1.14 bits per heavy atom. The quantitative estimate of drug-likeness (QED) is 0.718. The van der Waals surface area contributed by atoms with Crippen molar-refractivity contribution in [3.05, 3.63) is 0 Å². The Balaban J connectivity index is 1.45. The number of nitrogens with one attached hydrogen (secondary N) is 1. The van der Waals surface area contributed by atoms with Crippen LogP contribution in [0, 0.1) is 5.41 Å². The van der Waals surface area contributed by atoms with Gasteiger partial charge >= 0.3 is 0 Å². The first-order valence-corrected chi connectivity index (χ1v) is 6.32. The van der Waals surface area contributed by atoms with Gasteiger partial charge < -0.3 is 10.2 Å². The smallest absolute Gasteiger partial charge is 0.0195 e. The third kappa shape index (κ3) is 1.59. The number of hydrogen-bond acceptors (Lipinski definition) is 2. The maximum Gasteiger partial charge on any atom is 0.0195 e. The summed E-state index contributed by atoms with van der Waals surface area (Å²) in [5.41, 5.74) is 0.790. The van der Waals surface area contributed by atoms with E-state index in [2.05, 4.69) is 10.2 Å². The Bertz CT molecular complexity index is 192. The molecule has 2 heteroatoms. The lowest BCUT2D eigenvalue weighted by molar-refractivity contribution is 0.00102. The van der Waals surface area contributed by atoms with Crippen molar-refractivity contribution in [2.24, 2.45) is 5.41 Å². The van der Waals surface area contributed by atoms with Crippen molar-refractivity contribution in [2.45, 2.75) is 44.6 Å². The average molecular weight is 194 g/mol. The molecule has 1 unspecified atom stereocenters. The highest BCUT2D eigenvalue weighted by atomic mass is 15.2. The lowest BCUT2D eigenvalue weighted by Gasteiger charge is -2.49. The molecule has 1 spiro atoms. The Kier molecular flexibility index (Phi) is 2.29. The minimum atomic E-state index is 0.790. The fourth-order valence-electron chi connectivity index (χ4n) is 3.70. The van der Waals surface area contributed by atoms with E-state index in [1.807, 2.05) is 0 Å². The summed E-state index contributed by atoms with van der Waals surface area (Å²) >= 11 is 0. The van der Waals surface area contributed by atoms with Crippen LogP contribution >= 0.6 is 0 Å². The summed E-state index contributed by atoms with van der Waals surface area (Å²) in [5, 5.41) is 3.59. The maximum atomic E-state index is 3.59. The molecule has 0 aromatic carbocycles. The largest absolute Gasteiger partial charge is 0.313 e. The van der Waals surface area contributed by atoms with Crippen LogP contribution in [0.3, 0.4) is 0 Å². The molecule has 2 heterocycles. The Morgan fingerprint density at radius 3 is 2.57 bits per heavy atom. The van der Waals surface area contributed by atoms with Gasteiger partial charge in [0.1, 0.15) is 0 Å². The molecule has 1 saturated carbocycles. The molecule has 2 aliphatic heterocycles. The lowest BCUT2D eigenvalue weighted by atomic mass is 9.78. The van der Waals surface area contributed by atoms with E-state index in [9.17, 15) is 0 Å². The molecule has 0 aromatic heterocycles. The van der Waals surface area contributed by atoms with Gasteiger partial charge in [0.2, 0.25) is 0 Å². The van der Waals surface area contributed by atoms with Crippen LogP contribution in [0.15, 0.2) is 0 Å². The standard InChI is InChI=1S/C12H22N2/c1-2-6-12(5-1)9-14(10-12)8-11-4-3-7-13-11/h11,13H,1-10H2. The second-order valence-electron chi connectivity index (χ2n) is 5.67. The summed E-state index contributed by atoms with van der Waals surface area (Å²) in [5.74, 6) is 0. The van der Waals surface area contributed by atoms with Gasteiger partial charge in [-0.15, -0.1) is 0 Å². The Hall–Kier alpha value is -0.0800. The first kappa shape index (κ1) is 9.17. The third-order valence-corrected chi connectivity index (χ3v) is 4.42. The molecular formula is C12H22N2. The SMILES string of the molecule is C1CNC(CN2CC3(CCCC3)C2)C1. The van der Waals surface area contributed by atoms with Crippen LogP contribution < -0.4 is 5.32 Å². The van der Waals surface area contributed by atoms with Crippen molar-refractivity contribution in [1.29, 1.82) is 0 Å². The van der Waals surface area contributed by atoms with Gasteiger partial charge in [0.25, 0.3) is 0 Å². The number of nitrogens with zero attached hydrogens (tertiary/aromatic N) is 1. The van der Waals surface area contributed by atoms with Crippen molar-refractivity contribution < 1.29 is 0 Å². The van der Waals surface area contributed by atoms with Crippen molar-refractivity contribution in [2.75, 3.05) is 26.2 Å². The van der Waals surface area contributed by atoms with Crippen LogP contribution in [0.4, 0.5) is 0 Å². The van der Waals surface area contributed by atoms with E-state index < -0.39 is 0 Å². The Morgan fingerprint density at radius 2 is 1.93 bits per heavy atom. The van der Waals surface area contributed by atoms with Crippen molar-refractivity contribution in [3.63, 3.8) is 0 Å². The molecule has 3 fully saturated rings. The number of hydrogen-bond donors (Lipinski definition) is 1. The van der Waals surface area contributed by atoms with Crippen LogP contribution in [-0.4, -0.2) is 37.1 Å². The minimum absolute atomic E-state index is 0.790. The molecule has 0 radical (unpaired) electrons. The zero-order valence-corrected chi connectivity index (χ0v) is 9.10. The van der Waals surface area contributed by atoms with Gasteiger partial charge in [0.15, 0.2) is 0 Å². The lowest BCUT2D eigenvalue weighted by Crippen LogP contribution is -2.57. The van der Waals surface area contributed by atoms with E-state index in [4.69, 9.17) is 0 Å². The highest BCUT2D eigenvalue weighted by Crippen LogP contribution is 2.45. The molecule has 80 valence electrons. The molecule has 1 aliphatic carbocycles. The van der Waals surface area contributed by atoms with E-state index >= 15 is 0 Å². The van der Waals surface area contributed by atoms with E-state index in [-0.39, 0.29) is 0 Å². The second-order valence-corrected chi connectivity index (χ2v) is 5.67. The third-order valence-electron chi connectivity index (χ3n) is 4.42. The molecule has 14 heavy (non-hydrogen) atoms. The molecule has 2 saturated heterocycles. The van der Waals surface area contributed by atoms with Gasteiger partial charge in [-0.2, -0.15) is 0 Å². The number of rotatable bonds is 2. The summed E-state index contributed by atoms with van der Waals surface area (Å²) < 4.78 is 0. The highest BCUT2D eigenvalue weighted by Gasteiger charge is 2.44. The van der Waals surface area contributed by atoms with Crippen LogP contribution in [-0.2, 0) is 0 Å². The molecule has 3 aliphatic rings. The van der Waals surface area contributed by atoms with Crippen LogP contribution in [0.5, 0.6) is 0 Å². The number of likely N-dealkylation sites (tertiary alicyclic amines) is 1. The van der Waals surface area contributed by atoms with Crippen LogP contribution in [0.25, 0.3) is 0 Å². The molecule has 1 atom stereocenters. The molecule has 1 N–H and O–H groups in total. The molecule has 3 rings (SSSR count). The molecule has 0 aromatic rings. The average Bonchev–Trinajstić information content (AvgIpc) is 2.72. The van der Waals surface area contributed by atoms with Crippen LogP contribution in [0.1, 0.15) is 38.5 Å². The van der Waals surface area contributed by atoms with Gasteiger partial charge in [-0.1, -0.05) is 12.8 Å². The minimum Gasteiger partial charge on any atom is -0.313 e. The van der Waals surface area contributed by atoms with Gasteiger partial charge in [-0.05, 0) is 37.6 Å². The van der Waals surface area contributed by atoms with Crippen molar-refractivity contribution in [3.8, 4) is 0 Å². The van der Waals surface area contributed by atoms with E-state index in [1.165, 1.54) is 64.7 Å². The summed E-state index contributed by atoms with van der Waals surface area (Å²) in [6.45, 7) is 5.39. The molecule has 2 nitrogen and oxygen atoms in total. The predicted molar refractivity (Wildman–Crippen MR) is 58.4 cm³/mol. The maximum absolute atomic E-state index is 3.59. The van der Waals surface area contributed by atoms with Crippen molar-refractivity contribution in [1.82, 2.24) is 10.2 Å². The summed E-state index contributed by atoms with van der Waals surface area (Å²) in [7, 11) is 0. The van der Waals surface area contributed by atoms with Gasteiger partial charge in [0.05, 0.1) is 0 Å². The predicted octanol–water partition coefficient (Wildman–Crippen LogP) is 1.61. The topological polar surface area (TPSA) is 15.3 Å². The molecule has 0 amide bonds. The summed E-state index contributed by atoms with van der Waals surface area (Å²) in [4.78, 5) is 2.67. The van der Waals surface area contributed by atoms with E-state index in [1.54, 1.807) is 0 Å². The highest BCUT2D eigenvalue weighted by molar-refractivity contribution is 4.99. The monoisotopic (exact) mass is 194 g/mol. The van der Waals surface area contributed by atoms with Crippen molar-refractivity contribution >= 4 is 0 Å². The van der Waals surface area contributed by atoms with Crippen LogP contribution in [0.2, 0.25) is 0 Å². The fourth-order valence-corrected chi connectivity index (χ4v) is 3.70.